The molecule has 0 saturated carbocycles. The van der Waals surface area contributed by atoms with Gasteiger partial charge in [-0.25, -0.2) is 4.98 Å². The number of aryl methyl sites for hydroxylation is 2. The maximum Gasteiger partial charge on any atom is 0.229 e. The smallest absolute Gasteiger partial charge is 0.229 e. The van der Waals surface area contributed by atoms with E-state index in [4.69, 9.17) is 4.52 Å². The van der Waals surface area contributed by atoms with E-state index in [1.807, 2.05) is 17.2 Å². The molecule has 0 radical (unpaired) electrons. The van der Waals surface area contributed by atoms with Gasteiger partial charge in [-0.1, -0.05) is 19.0 Å². The number of hydrogen-bond acceptors (Lipinski definition) is 6. The van der Waals surface area contributed by atoms with E-state index in [2.05, 4.69) is 22.0 Å². The van der Waals surface area contributed by atoms with E-state index in [9.17, 15) is 4.79 Å². The molecule has 0 spiro atoms. The largest absolute Gasteiger partial charge is 0.339 e. The molecule has 1 fully saturated rings. The quantitative estimate of drug-likeness (QED) is 0.846. The van der Waals surface area contributed by atoms with Gasteiger partial charge in [0.05, 0.1) is 23.2 Å². The summed E-state index contributed by atoms with van der Waals surface area (Å²) >= 11 is 1.62. The second kappa shape index (κ2) is 6.56. The molecule has 1 amide bonds. The first kappa shape index (κ1) is 15.1. The molecule has 3 heterocycles. The van der Waals surface area contributed by atoms with Crippen LogP contribution in [0.3, 0.4) is 0 Å². The zero-order valence-corrected chi connectivity index (χ0v) is 13.7. The number of aromatic nitrogens is 3. The Labute approximate surface area is 133 Å². The third-order valence-electron chi connectivity index (χ3n) is 3.89. The summed E-state index contributed by atoms with van der Waals surface area (Å²) in [6.45, 7) is 4.80. The lowest BCUT2D eigenvalue weighted by Gasteiger charge is -2.21. The standard InChI is InChI=1S/C15H20N4O2S/c1-3-12-17-15(18-21-12)11-6-5-7-19(11)14(20)8-10-9-22-13(4-2)16-10/h9,11H,3-8H2,1-2H3/t11-/m0/s1. The van der Waals surface area contributed by atoms with Crippen LogP contribution in [0.15, 0.2) is 9.90 Å². The Morgan fingerprint density at radius 2 is 2.27 bits per heavy atom. The SMILES string of the molecule is CCc1nc([C@@H]2CCCN2C(=O)Cc2csc(CC)n2)no1. The molecule has 0 N–H and O–H groups in total. The number of likely N-dealkylation sites (tertiary alicyclic amines) is 1. The minimum absolute atomic E-state index is 0.0548. The molecule has 1 saturated heterocycles. The normalized spacial score (nSPS) is 18.1. The minimum atomic E-state index is -0.0548. The second-order valence-electron chi connectivity index (χ2n) is 5.41. The summed E-state index contributed by atoms with van der Waals surface area (Å²) in [6.07, 6.45) is 3.85. The molecule has 1 atom stereocenters. The van der Waals surface area contributed by atoms with Crippen molar-refractivity contribution >= 4 is 17.2 Å². The van der Waals surface area contributed by atoms with Crippen molar-refractivity contribution in [3.05, 3.63) is 27.8 Å². The highest BCUT2D eigenvalue weighted by Gasteiger charge is 2.33. The van der Waals surface area contributed by atoms with E-state index < -0.39 is 0 Å². The Morgan fingerprint density at radius 1 is 1.41 bits per heavy atom. The Bertz CT molecular complexity index is 652. The Hall–Kier alpha value is -1.76. The molecule has 2 aromatic rings. The fourth-order valence-corrected chi connectivity index (χ4v) is 3.47. The Morgan fingerprint density at radius 3 is 2.95 bits per heavy atom. The molecule has 1 aliphatic rings. The molecule has 0 unspecified atom stereocenters. The molecule has 118 valence electrons. The van der Waals surface area contributed by atoms with Gasteiger partial charge in [0.2, 0.25) is 11.8 Å². The highest BCUT2D eigenvalue weighted by Crippen LogP contribution is 2.30. The van der Waals surface area contributed by atoms with Crippen molar-refractivity contribution in [2.24, 2.45) is 0 Å². The fourth-order valence-electron chi connectivity index (χ4n) is 2.73. The number of hydrogen-bond donors (Lipinski definition) is 0. The minimum Gasteiger partial charge on any atom is -0.339 e. The molecule has 2 aromatic heterocycles. The van der Waals surface area contributed by atoms with Gasteiger partial charge in [-0.2, -0.15) is 4.98 Å². The summed E-state index contributed by atoms with van der Waals surface area (Å²) in [4.78, 5) is 23.3. The lowest BCUT2D eigenvalue weighted by molar-refractivity contribution is -0.131. The highest BCUT2D eigenvalue weighted by molar-refractivity contribution is 7.09. The molecule has 0 aliphatic carbocycles. The zero-order valence-electron chi connectivity index (χ0n) is 12.9. The van der Waals surface area contributed by atoms with Crippen LogP contribution in [-0.4, -0.2) is 32.5 Å². The summed E-state index contributed by atoms with van der Waals surface area (Å²) in [7, 11) is 0. The van der Waals surface area contributed by atoms with Crippen molar-refractivity contribution in [3.63, 3.8) is 0 Å². The predicted octanol–water partition coefficient (Wildman–Crippen LogP) is 2.56. The molecule has 3 rings (SSSR count). The van der Waals surface area contributed by atoms with Crippen molar-refractivity contribution in [3.8, 4) is 0 Å². The fraction of sp³-hybridized carbons (Fsp3) is 0.600. The highest BCUT2D eigenvalue weighted by atomic mass is 32.1. The van der Waals surface area contributed by atoms with E-state index in [1.165, 1.54) is 0 Å². The van der Waals surface area contributed by atoms with Crippen molar-refractivity contribution in [1.29, 1.82) is 0 Å². The van der Waals surface area contributed by atoms with E-state index in [-0.39, 0.29) is 11.9 Å². The summed E-state index contributed by atoms with van der Waals surface area (Å²) in [5, 5.41) is 7.09. The first-order valence-corrected chi connectivity index (χ1v) is 8.64. The Kier molecular flexibility index (Phi) is 4.52. The number of rotatable bonds is 5. The number of nitrogens with zero attached hydrogens (tertiary/aromatic N) is 4. The topological polar surface area (TPSA) is 72.1 Å². The number of carbonyl (C=O) groups excluding carboxylic acids is 1. The van der Waals surface area contributed by atoms with Crippen molar-refractivity contribution in [2.75, 3.05) is 6.54 Å². The third kappa shape index (κ3) is 3.04. The van der Waals surface area contributed by atoms with E-state index >= 15 is 0 Å². The van der Waals surface area contributed by atoms with Crippen LogP contribution in [0.25, 0.3) is 0 Å². The maximum absolute atomic E-state index is 12.6. The van der Waals surface area contributed by atoms with Crippen LogP contribution in [0.2, 0.25) is 0 Å². The van der Waals surface area contributed by atoms with Crippen LogP contribution < -0.4 is 0 Å². The molecule has 1 aliphatic heterocycles. The van der Waals surface area contributed by atoms with Crippen molar-refractivity contribution < 1.29 is 9.32 Å². The van der Waals surface area contributed by atoms with Crippen LogP contribution in [-0.2, 0) is 24.1 Å². The lowest BCUT2D eigenvalue weighted by Crippen LogP contribution is -2.32. The van der Waals surface area contributed by atoms with Gasteiger partial charge in [-0.05, 0) is 19.3 Å². The zero-order chi connectivity index (χ0) is 15.5. The van der Waals surface area contributed by atoms with Crippen molar-refractivity contribution in [2.45, 2.75) is 52.0 Å². The molecule has 22 heavy (non-hydrogen) atoms. The third-order valence-corrected chi connectivity index (χ3v) is 4.93. The van der Waals surface area contributed by atoms with E-state index in [1.54, 1.807) is 11.3 Å². The van der Waals surface area contributed by atoms with E-state index in [0.717, 1.165) is 36.5 Å². The molecule has 6 nitrogen and oxygen atoms in total. The summed E-state index contributed by atoms with van der Waals surface area (Å²) in [5.74, 6) is 1.36. The van der Waals surface area contributed by atoms with Gasteiger partial charge in [0, 0.05) is 18.3 Å². The number of carbonyl (C=O) groups is 1. The van der Waals surface area contributed by atoms with Crippen molar-refractivity contribution in [1.82, 2.24) is 20.0 Å². The van der Waals surface area contributed by atoms with Gasteiger partial charge in [-0.15, -0.1) is 11.3 Å². The first-order valence-electron chi connectivity index (χ1n) is 7.76. The average molecular weight is 320 g/mol. The van der Waals surface area contributed by atoms with Gasteiger partial charge in [0.25, 0.3) is 0 Å². The second-order valence-corrected chi connectivity index (χ2v) is 6.35. The Balaban J connectivity index is 1.70. The van der Waals surface area contributed by atoms with Gasteiger partial charge in [0.15, 0.2) is 5.82 Å². The maximum atomic E-state index is 12.6. The van der Waals surface area contributed by atoms with Gasteiger partial charge < -0.3 is 9.42 Å². The number of thiazole rings is 1. The van der Waals surface area contributed by atoms with Crippen LogP contribution >= 0.6 is 11.3 Å². The summed E-state index contributed by atoms with van der Waals surface area (Å²) in [5.41, 5.74) is 0.861. The first-order chi connectivity index (χ1) is 10.7. The molecule has 0 bridgehead atoms. The van der Waals surface area contributed by atoms with Crippen LogP contribution in [0.1, 0.15) is 55.1 Å². The van der Waals surface area contributed by atoms with Gasteiger partial charge in [0.1, 0.15) is 0 Å². The van der Waals surface area contributed by atoms with E-state index in [0.29, 0.717) is 24.6 Å². The predicted molar refractivity (Wildman–Crippen MR) is 82.6 cm³/mol. The molecule has 7 heteroatoms. The summed E-state index contributed by atoms with van der Waals surface area (Å²) < 4.78 is 5.18. The summed E-state index contributed by atoms with van der Waals surface area (Å²) in [6, 6.07) is -0.0548. The monoisotopic (exact) mass is 320 g/mol. The molecular weight excluding hydrogens is 300 g/mol. The van der Waals surface area contributed by atoms with Gasteiger partial charge in [-0.3, -0.25) is 4.79 Å². The number of amides is 1. The lowest BCUT2D eigenvalue weighted by atomic mass is 10.2. The average Bonchev–Trinajstić information content (AvgIpc) is 3.26. The van der Waals surface area contributed by atoms with Gasteiger partial charge >= 0.3 is 0 Å². The molecular formula is C15H20N4O2S. The molecule has 0 aromatic carbocycles. The van der Waals surface area contributed by atoms with Crippen LogP contribution in [0.4, 0.5) is 0 Å². The van der Waals surface area contributed by atoms with Crippen LogP contribution in [0, 0.1) is 0 Å². The van der Waals surface area contributed by atoms with Crippen LogP contribution in [0.5, 0.6) is 0 Å².